The number of benzene rings is 4. The predicted molar refractivity (Wildman–Crippen MR) is 123 cm³/mol. The molecule has 0 radical (unpaired) electrons. The number of halogens is 1. The summed E-state index contributed by atoms with van der Waals surface area (Å²) in [5.41, 5.74) is 4.95. The molecule has 0 saturated carbocycles. The van der Waals surface area contributed by atoms with Crippen molar-refractivity contribution in [2.45, 2.75) is 0 Å². The Morgan fingerprint density at radius 1 is 0.812 bits per heavy atom. The van der Waals surface area contributed by atoms with Gasteiger partial charge in [0.05, 0.1) is 11.2 Å². The molecule has 0 unspecified atom stereocenters. The minimum absolute atomic E-state index is 0.310. The Morgan fingerprint density at radius 3 is 2.25 bits per heavy atom. The molecule has 1 aromatic heterocycles. The van der Waals surface area contributed by atoms with Crippen molar-refractivity contribution >= 4 is 22.7 Å². The smallest absolute Gasteiger partial charge is 0.410 e. The van der Waals surface area contributed by atoms with Gasteiger partial charge < -0.3 is 4.74 Å². The van der Waals surface area contributed by atoms with Crippen LogP contribution in [0.2, 0.25) is 0 Å². The molecule has 1 amide bonds. The molecule has 5 nitrogen and oxygen atoms in total. The summed E-state index contributed by atoms with van der Waals surface area (Å²) in [5.74, 6) is 0.133. The number of amides is 1. The number of carbonyl (C=O) groups is 1. The first kappa shape index (κ1) is 19.5. The average Bonchev–Trinajstić information content (AvgIpc) is 3.24. The molecule has 2 N–H and O–H groups in total. The first-order chi connectivity index (χ1) is 15.7. The zero-order valence-corrected chi connectivity index (χ0v) is 16.9. The number of ether oxygens (including phenoxy) is 1. The molecule has 4 aromatic carbocycles. The molecule has 5 aromatic rings. The van der Waals surface area contributed by atoms with Crippen molar-refractivity contribution in [1.29, 1.82) is 0 Å². The molecule has 1 heterocycles. The Morgan fingerprint density at radius 2 is 1.50 bits per heavy atom. The second kappa shape index (κ2) is 8.35. The van der Waals surface area contributed by atoms with Gasteiger partial charge in [0.25, 0.3) is 0 Å². The van der Waals surface area contributed by atoms with Crippen molar-refractivity contribution in [3.8, 4) is 28.1 Å². The molecule has 0 saturated heterocycles. The lowest BCUT2D eigenvalue weighted by atomic mass is 10.1. The van der Waals surface area contributed by atoms with Gasteiger partial charge in [-0.2, -0.15) is 5.10 Å². The van der Waals surface area contributed by atoms with Crippen LogP contribution < -0.4 is 10.1 Å². The Kier molecular flexibility index (Phi) is 5.09. The lowest BCUT2D eigenvalue weighted by Crippen LogP contribution is -2.16. The van der Waals surface area contributed by atoms with E-state index in [1.54, 1.807) is 36.4 Å². The van der Waals surface area contributed by atoms with E-state index in [0.717, 1.165) is 27.6 Å². The van der Waals surface area contributed by atoms with Crippen LogP contribution in [0.3, 0.4) is 0 Å². The summed E-state index contributed by atoms with van der Waals surface area (Å²) < 4.78 is 18.7. The van der Waals surface area contributed by atoms with Crippen molar-refractivity contribution in [1.82, 2.24) is 10.2 Å². The third-order valence-electron chi connectivity index (χ3n) is 5.10. The zero-order chi connectivity index (χ0) is 21.9. The van der Waals surface area contributed by atoms with Crippen LogP contribution in [0.15, 0.2) is 97.1 Å². The fourth-order valence-electron chi connectivity index (χ4n) is 3.52. The fourth-order valence-corrected chi connectivity index (χ4v) is 3.52. The minimum atomic E-state index is -0.594. The number of hydrogen-bond acceptors (Lipinski definition) is 3. The number of aromatic amines is 1. The van der Waals surface area contributed by atoms with Crippen molar-refractivity contribution in [3.63, 3.8) is 0 Å². The van der Waals surface area contributed by atoms with Gasteiger partial charge in [0.2, 0.25) is 0 Å². The van der Waals surface area contributed by atoms with Gasteiger partial charge in [0.15, 0.2) is 0 Å². The van der Waals surface area contributed by atoms with Gasteiger partial charge in [0.1, 0.15) is 11.6 Å². The van der Waals surface area contributed by atoms with Gasteiger partial charge >= 0.3 is 6.09 Å². The van der Waals surface area contributed by atoms with Crippen LogP contribution in [-0.4, -0.2) is 16.3 Å². The van der Waals surface area contributed by atoms with Crippen LogP contribution in [0.1, 0.15) is 0 Å². The van der Waals surface area contributed by atoms with E-state index in [9.17, 15) is 9.18 Å². The highest BCUT2D eigenvalue weighted by Crippen LogP contribution is 2.29. The van der Waals surface area contributed by atoms with Crippen LogP contribution in [-0.2, 0) is 0 Å². The minimum Gasteiger partial charge on any atom is -0.410 e. The van der Waals surface area contributed by atoms with E-state index in [4.69, 9.17) is 4.74 Å². The number of nitrogens with one attached hydrogen (secondary N) is 2. The maximum atomic E-state index is 13.2. The van der Waals surface area contributed by atoms with Gasteiger partial charge in [-0.25, -0.2) is 9.18 Å². The second-order valence-corrected chi connectivity index (χ2v) is 7.24. The summed E-state index contributed by atoms with van der Waals surface area (Å²) in [4.78, 5) is 12.4. The zero-order valence-electron chi connectivity index (χ0n) is 16.9. The molecule has 0 aliphatic carbocycles. The molecular formula is C26H18FN3O2. The van der Waals surface area contributed by atoms with Crippen molar-refractivity contribution < 1.29 is 13.9 Å². The number of fused-ring (bicyclic) bond motifs is 1. The molecule has 0 aliphatic rings. The number of rotatable bonds is 4. The van der Waals surface area contributed by atoms with Crippen LogP contribution >= 0.6 is 0 Å². The lowest BCUT2D eigenvalue weighted by molar-refractivity contribution is 0.215. The number of nitrogens with zero attached hydrogens (tertiary/aromatic N) is 1. The Hall–Kier alpha value is -4.45. The van der Waals surface area contributed by atoms with Gasteiger partial charge in [-0.1, -0.05) is 42.5 Å². The molecule has 0 atom stereocenters. The quantitative estimate of drug-likeness (QED) is 0.340. The summed E-state index contributed by atoms with van der Waals surface area (Å²) in [5, 5.41) is 10.8. The molecule has 156 valence electrons. The fraction of sp³-hybridized carbons (Fsp3) is 0. The number of anilines is 1. The summed E-state index contributed by atoms with van der Waals surface area (Å²) in [6.07, 6.45) is -0.594. The molecular weight excluding hydrogens is 405 g/mol. The molecule has 0 bridgehead atoms. The number of carbonyl (C=O) groups excluding carboxylic acids is 1. The van der Waals surface area contributed by atoms with E-state index in [2.05, 4.69) is 15.5 Å². The summed E-state index contributed by atoms with van der Waals surface area (Å²) >= 11 is 0. The van der Waals surface area contributed by atoms with E-state index in [1.807, 2.05) is 48.5 Å². The number of hydrogen-bond donors (Lipinski definition) is 2. The molecule has 0 fully saturated rings. The van der Waals surface area contributed by atoms with E-state index in [-0.39, 0.29) is 5.82 Å². The van der Waals surface area contributed by atoms with Gasteiger partial charge in [-0.05, 0) is 65.7 Å². The molecule has 6 heteroatoms. The first-order valence-electron chi connectivity index (χ1n) is 10.0. The Balaban J connectivity index is 1.31. The SMILES string of the molecule is O=C(Nc1ccc2[nH]nc(-c3ccc(F)cc3)c2c1)Oc1ccc(-c2ccccc2)cc1. The third-order valence-corrected chi connectivity index (χ3v) is 5.10. The van der Waals surface area contributed by atoms with E-state index in [1.165, 1.54) is 12.1 Å². The summed E-state index contributed by atoms with van der Waals surface area (Å²) in [7, 11) is 0. The Bertz CT molecular complexity index is 1380. The first-order valence-corrected chi connectivity index (χ1v) is 10.0. The van der Waals surface area contributed by atoms with Crippen molar-refractivity contribution in [2.24, 2.45) is 0 Å². The average molecular weight is 423 g/mol. The van der Waals surface area contributed by atoms with Crippen molar-refractivity contribution in [2.75, 3.05) is 5.32 Å². The van der Waals surface area contributed by atoms with Crippen LogP contribution in [0.5, 0.6) is 5.75 Å². The number of H-pyrrole nitrogens is 1. The topological polar surface area (TPSA) is 67.0 Å². The van der Waals surface area contributed by atoms with Gasteiger partial charge in [-0.15, -0.1) is 0 Å². The maximum Gasteiger partial charge on any atom is 0.417 e. The van der Waals surface area contributed by atoms with Gasteiger partial charge in [-0.3, -0.25) is 10.4 Å². The molecule has 5 rings (SSSR count). The van der Waals surface area contributed by atoms with Gasteiger partial charge in [0, 0.05) is 16.6 Å². The van der Waals surface area contributed by atoms with Crippen molar-refractivity contribution in [3.05, 3.63) is 103 Å². The Labute approximate surface area is 183 Å². The predicted octanol–water partition coefficient (Wildman–Crippen LogP) is 6.65. The lowest BCUT2D eigenvalue weighted by Gasteiger charge is -2.08. The van der Waals surface area contributed by atoms with Crippen LogP contribution in [0.25, 0.3) is 33.3 Å². The molecule has 32 heavy (non-hydrogen) atoms. The van der Waals surface area contributed by atoms with E-state index in [0.29, 0.717) is 17.1 Å². The third kappa shape index (κ3) is 4.06. The largest absolute Gasteiger partial charge is 0.417 e. The van der Waals surface area contributed by atoms with E-state index >= 15 is 0 Å². The van der Waals surface area contributed by atoms with Crippen LogP contribution in [0, 0.1) is 5.82 Å². The summed E-state index contributed by atoms with van der Waals surface area (Å²) in [6, 6.07) is 28.8. The normalized spacial score (nSPS) is 10.8. The van der Waals surface area contributed by atoms with Crippen LogP contribution in [0.4, 0.5) is 14.9 Å². The standard InChI is InChI=1S/C26H18FN3O2/c27-20-10-6-19(7-11-20)25-23-16-21(12-15-24(23)29-30-25)28-26(31)32-22-13-8-18(9-14-22)17-4-2-1-3-5-17/h1-16H,(H,28,31)(H,29,30). The maximum absolute atomic E-state index is 13.2. The molecule has 0 spiro atoms. The van der Waals surface area contributed by atoms with E-state index < -0.39 is 6.09 Å². The highest BCUT2D eigenvalue weighted by molar-refractivity contribution is 5.97. The second-order valence-electron chi connectivity index (χ2n) is 7.24. The number of aromatic nitrogens is 2. The monoisotopic (exact) mass is 423 g/mol. The highest BCUT2D eigenvalue weighted by atomic mass is 19.1. The molecule has 0 aliphatic heterocycles. The summed E-state index contributed by atoms with van der Waals surface area (Å²) in [6.45, 7) is 0. The highest BCUT2D eigenvalue weighted by Gasteiger charge is 2.11.